The number of ether oxygens (including phenoxy) is 1. The maximum atomic E-state index is 5.29. The molecule has 15 heavy (non-hydrogen) atoms. The summed E-state index contributed by atoms with van der Waals surface area (Å²) in [5.74, 6) is 0. The van der Waals surface area contributed by atoms with E-state index in [0.29, 0.717) is 6.04 Å². The van der Waals surface area contributed by atoms with Gasteiger partial charge in [-0.25, -0.2) is 0 Å². The van der Waals surface area contributed by atoms with Crippen molar-refractivity contribution in [3.63, 3.8) is 0 Å². The Labute approximate surface area is 91.9 Å². The Kier molecular flexibility index (Phi) is 5.97. The lowest BCUT2D eigenvalue weighted by Gasteiger charge is -2.10. The SMILES string of the molecule is CCOCCC[NH2+][C@H](C)c1cccnc1. The van der Waals surface area contributed by atoms with Gasteiger partial charge in [0.15, 0.2) is 0 Å². The van der Waals surface area contributed by atoms with Crippen LogP contribution in [0.5, 0.6) is 0 Å². The second kappa shape index (κ2) is 7.37. The molecule has 0 amide bonds. The van der Waals surface area contributed by atoms with Crippen LogP contribution in [0.25, 0.3) is 0 Å². The van der Waals surface area contributed by atoms with Gasteiger partial charge in [0.1, 0.15) is 6.04 Å². The Bertz CT molecular complexity index is 251. The second-order valence-electron chi connectivity index (χ2n) is 3.65. The van der Waals surface area contributed by atoms with Gasteiger partial charge in [-0.3, -0.25) is 4.98 Å². The van der Waals surface area contributed by atoms with Crippen molar-refractivity contribution >= 4 is 0 Å². The van der Waals surface area contributed by atoms with E-state index in [1.807, 2.05) is 25.4 Å². The summed E-state index contributed by atoms with van der Waals surface area (Å²) in [5, 5.41) is 2.33. The number of aromatic nitrogens is 1. The van der Waals surface area contributed by atoms with E-state index in [0.717, 1.165) is 26.2 Å². The number of hydrogen-bond donors (Lipinski definition) is 1. The van der Waals surface area contributed by atoms with Crippen LogP contribution >= 0.6 is 0 Å². The highest BCUT2D eigenvalue weighted by Gasteiger charge is 2.06. The van der Waals surface area contributed by atoms with Crippen LogP contribution in [0.3, 0.4) is 0 Å². The Morgan fingerprint density at radius 2 is 2.40 bits per heavy atom. The number of pyridine rings is 1. The van der Waals surface area contributed by atoms with Gasteiger partial charge in [-0.1, -0.05) is 6.07 Å². The summed E-state index contributed by atoms with van der Waals surface area (Å²) in [6.45, 7) is 7.03. The van der Waals surface area contributed by atoms with Crippen LogP contribution in [0.1, 0.15) is 31.9 Å². The van der Waals surface area contributed by atoms with E-state index in [1.165, 1.54) is 5.56 Å². The summed E-state index contributed by atoms with van der Waals surface area (Å²) >= 11 is 0. The van der Waals surface area contributed by atoms with Gasteiger partial charge in [0, 0.05) is 31.0 Å². The zero-order valence-corrected chi connectivity index (χ0v) is 9.65. The smallest absolute Gasteiger partial charge is 0.110 e. The largest absolute Gasteiger partial charge is 0.382 e. The highest BCUT2D eigenvalue weighted by Crippen LogP contribution is 2.04. The molecule has 2 N–H and O–H groups in total. The molecule has 1 aromatic heterocycles. The molecule has 0 fully saturated rings. The summed E-state index contributed by atoms with van der Waals surface area (Å²) < 4.78 is 5.29. The topological polar surface area (TPSA) is 38.7 Å². The average Bonchev–Trinajstić information content (AvgIpc) is 2.30. The van der Waals surface area contributed by atoms with Crippen molar-refractivity contribution in [2.24, 2.45) is 0 Å². The van der Waals surface area contributed by atoms with Gasteiger partial charge in [0.25, 0.3) is 0 Å². The Morgan fingerprint density at radius 1 is 1.53 bits per heavy atom. The van der Waals surface area contributed by atoms with Gasteiger partial charge in [0.2, 0.25) is 0 Å². The standard InChI is InChI=1S/C12H20N2O/c1-3-15-9-5-8-14-11(2)12-6-4-7-13-10-12/h4,6-7,10-11,14H,3,5,8-9H2,1-2H3/p+1/t11-/m1/s1. The minimum atomic E-state index is 0.486. The van der Waals surface area contributed by atoms with Crippen LogP contribution in [0, 0.1) is 0 Å². The van der Waals surface area contributed by atoms with Crippen molar-refractivity contribution in [1.82, 2.24) is 4.98 Å². The first kappa shape index (κ1) is 12.1. The van der Waals surface area contributed by atoms with E-state index in [9.17, 15) is 0 Å². The summed E-state index contributed by atoms with van der Waals surface area (Å²) in [4.78, 5) is 4.12. The molecule has 0 bridgehead atoms. The lowest BCUT2D eigenvalue weighted by Crippen LogP contribution is -2.84. The number of nitrogens with two attached hydrogens (primary N) is 1. The lowest BCUT2D eigenvalue weighted by atomic mass is 10.1. The zero-order valence-electron chi connectivity index (χ0n) is 9.65. The van der Waals surface area contributed by atoms with Gasteiger partial charge in [0.05, 0.1) is 13.2 Å². The van der Waals surface area contributed by atoms with Gasteiger partial charge in [-0.05, 0) is 19.9 Å². The van der Waals surface area contributed by atoms with Crippen molar-refractivity contribution in [3.05, 3.63) is 30.1 Å². The first-order valence-corrected chi connectivity index (χ1v) is 5.65. The van der Waals surface area contributed by atoms with E-state index < -0.39 is 0 Å². The monoisotopic (exact) mass is 209 g/mol. The van der Waals surface area contributed by atoms with Crippen molar-refractivity contribution in [3.8, 4) is 0 Å². The van der Waals surface area contributed by atoms with E-state index in [4.69, 9.17) is 4.74 Å². The number of nitrogens with zero attached hydrogens (tertiary/aromatic N) is 1. The molecule has 84 valence electrons. The van der Waals surface area contributed by atoms with Crippen LogP contribution in [-0.2, 0) is 4.74 Å². The average molecular weight is 209 g/mol. The van der Waals surface area contributed by atoms with E-state index in [-0.39, 0.29) is 0 Å². The van der Waals surface area contributed by atoms with E-state index >= 15 is 0 Å². The van der Waals surface area contributed by atoms with Gasteiger partial charge in [-0.2, -0.15) is 0 Å². The maximum Gasteiger partial charge on any atom is 0.110 e. The molecule has 0 aromatic carbocycles. The normalized spacial score (nSPS) is 12.7. The molecular weight excluding hydrogens is 188 g/mol. The Morgan fingerprint density at radius 3 is 3.07 bits per heavy atom. The van der Waals surface area contributed by atoms with E-state index in [1.54, 1.807) is 0 Å². The molecule has 0 spiro atoms. The number of quaternary nitrogens is 1. The molecule has 0 radical (unpaired) electrons. The predicted molar refractivity (Wildman–Crippen MR) is 60.6 cm³/mol. The molecule has 0 aliphatic carbocycles. The molecule has 0 saturated heterocycles. The third kappa shape index (κ3) is 4.91. The fourth-order valence-corrected chi connectivity index (χ4v) is 1.48. The quantitative estimate of drug-likeness (QED) is 0.684. The molecule has 1 rings (SSSR count). The van der Waals surface area contributed by atoms with Crippen molar-refractivity contribution in [2.75, 3.05) is 19.8 Å². The van der Waals surface area contributed by atoms with Crippen molar-refractivity contribution < 1.29 is 10.1 Å². The third-order valence-electron chi connectivity index (χ3n) is 2.43. The van der Waals surface area contributed by atoms with Crippen LogP contribution in [0.4, 0.5) is 0 Å². The van der Waals surface area contributed by atoms with Crippen LogP contribution in [0.15, 0.2) is 24.5 Å². The van der Waals surface area contributed by atoms with Crippen LogP contribution < -0.4 is 5.32 Å². The van der Waals surface area contributed by atoms with Crippen LogP contribution in [-0.4, -0.2) is 24.7 Å². The molecular formula is C12H21N2O+. The Hall–Kier alpha value is -0.930. The minimum Gasteiger partial charge on any atom is -0.382 e. The van der Waals surface area contributed by atoms with Gasteiger partial charge >= 0.3 is 0 Å². The second-order valence-corrected chi connectivity index (χ2v) is 3.65. The van der Waals surface area contributed by atoms with E-state index in [2.05, 4.69) is 23.3 Å². The molecule has 1 heterocycles. The number of rotatable bonds is 7. The first-order chi connectivity index (χ1) is 7.34. The summed E-state index contributed by atoms with van der Waals surface area (Å²) in [5.41, 5.74) is 1.29. The Balaban J connectivity index is 2.16. The molecule has 0 saturated carbocycles. The highest BCUT2D eigenvalue weighted by atomic mass is 16.5. The highest BCUT2D eigenvalue weighted by molar-refractivity contribution is 5.10. The van der Waals surface area contributed by atoms with Gasteiger partial charge in [-0.15, -0.1) is 0 Å². The summed E-state index contributed by atoms with van der Waals surface area (Å²) in [7, 11) is 0. The lowest BCUT2D eigenvalue weighted by molar-refractivity contribution is -0.693. The van der Waals surface area contributed by atoms with Crippen LogP contribution in [0.2, 0.25) is 0 Å². The molecule has 0 unspecified atom stereocenters. The zero-order chi connectivity index (χ0) is 10.9. The third-order valence-corrected chi connectivity index (χ3v) is 2.43. The summed E-state index contributed by atoms with van der Waals surface area (Å²) in [6.07, 6.45) is 4.85. The van der Waals surface area contributed by atoms with Gasteiger partial charge < -0.3 is 10.1 Å². The predicted octanol–water partition coefficient (Wildman–Crippen LogP) is 1.13. The molecule has 0 aliphatic heterocycles. The number of hydrogen-bond acceptors (Lipinski definition) is 2. The van der Waals surface area contributed by atoms with Crippen molar-refractivity contribution in [2.45, 2.75) is 26.3 Å². The molecule has 3 nitrogen and oxygen atoms in total. The summed E-state index contributed by atoms with van der Waals surface area (Å²) in [6, 6.07) is 4.59. The molecule has 1 aromatic rings. The van der Waals surface area contributed by atoms with Crippen molar-refractivity contribution in [1.29, 1.82) is 0 Å². The first-order valence-electron chi connectivity index (χ1n) is 5.65. The molecule has 3 heteroatoms. The molecule has 0 aliphatic rings. The minimum absolute atomic E-state index is 0.486. The fourth-order valence-electron chi connectivity index (χ4n) is 1.48. The fraction of sp³-hybridized carbons (Fsp3) is 0.583. The maximum absolute atomic E-state index is 5.29. The molecule has 1 atom stereocenters.